The molecule has 0 aliphatic rings. The standard InChI is InChI=1S/C13H9ClFN3S/c1-7-2-5-10-12(16-7)18(13(19)17-10)11-6-8(15)3-4-9(11)14/h2-6H,1H3,(H,17,19). The molecule has 19 heavy (non-hydrogen) atoms. The second-order valence-corrected chi connectivity index (χ2v) is 4.98. The van der Waals surface area contributed by atoms with Gasteiger partial charge in [0.1, 0.15) is 5.82 Å². The minimum absolute atomic E-state index is 0.372. The Labute approximate surface area is 118 Å². The first-order valence-corrected chi connectivity index (χ1v) is 6.39. The minimum atomic E-state index is -0.372. The van der Waals surface area contributed by atoms with E-state index in [2.05, 4.69) is 9.97 Å². The van der Waals surface area contributed by atoms with Gasteiger partial charge in [0.05, 0.1) is 16.2 Å². The topological polar surface area (TPSA) is 33.6 Å². The van der Waals surface area contributed by atoms with Crippen molar-refractivity contribution in [3.8, 4) is 5.69 Å². The van der Waals surface area contributed by atoms with Crippen molar-refractivity contribution in [3.63, 3.8) is 0 Å². The van der Waals surface area contributed by atoms with Gasteiger partial charge in [0.2, 0.25) is 0 Å². The van der Waals surface area contributed by atoms with E-state index in [9.17, 15) is 4.39 Å². The van der Waals surface area contributed by atoms with Crippen molar-refractivity contribution < 1.29 is 4.39 Å². The van der Waals surface area contributed by atoms with E-state index in [0.29, 0.717) is 21.1 Å². The third-order valence-corrected chi connectivity index (χ3v) is 3.42. The van der Waals surface area contributed by atoms with Crippen molar-refractivity contribution in [2.45, 2.75) is 6.92 Å². The first-order valence-electron chi connectivity index (χ1n) is 5.60. The Morgan fingerprint density at radius 2 is 2.11 bits per heavy atom. The molecule has 0 atom stereocenters. The van der Waals surface area contributed by atoms with Crippen molar-refractivity contribution in [3.05, 3.63) is 51.6 Å². The van der Waals surface area contributed by atoms with Crippen LogP contribution in [0.1, 0.15) is 5.69 Å². The van der Waals surface area contributed by atoms with Crippen LogP contribution in [0.3, 0.4) is 0 Å². The van der Waals surface area contributed by atoms with Gasteiger partial charge in [-0.2, -0.15) is 0 Å². The Morgan fingerprint density at radius 3 is 2.89 bits per heavy atom. The molecule has 0 amide bonds. The van der Waals surface area contributed by atoms with Gasteiger partial charge in [-0.05, 0) is 49.5 Å². The maximum absolute atomic E-state index is 13.4. The van der Waals surface area contributed by atoms with Crippen LogP contribution in [0.4, 0.5) is 4.39 Å². The fourth-order valence-corrected chi connectivity index (χ4v) is 2.46. The van der Waals surface area contributed by atoms with Crippen LogP contribution < -0.4 is 0 Å². The number of pyridine rings is 1. The molecule has 0 unspecified atom stereocenters. The summed E-state index contributed by atoms with van der Waals surface area (Å²) in [6.07, 6.45) is 0. The number of hydrogen-bond acceptors (Lipinski definition) is 2. The molecular weight excluding hydrogens is 285 g/mol. The first kappa shape index (κ1) is 12.3. The number of rotatable bonds is 1. The summed E-state index contributed by atoms with van der Waals surface area (Å²) in [5.74, 6) is -0.372. The van der Waals surface area contributed by atoms with Crippen molar-refractivity contribution in [2.75, 3.05) is 0 Å². The zero-order chi connectivity index (χ0) is 13.6. The molecule has 0 bridgehead atoms. The molecule has 3 nitrogen and oxygen atoms in total. The van der Waals surface area contributed by atoms with Crippen molar-refractivity contribution >= 4 is 35.0 Å². The van der Waals surface area contributed by atoms with Gasteiger partial charge in [-0.1, -0.05) is 11.6 Å². The molecule has 6 heteroatoms. The van der Waals surface area contributed by atoms with Crippen LogP contribution in [0.25, 0.3) is 16.9 Å². The van der Waals surface area contributed by atoms with E-state index >= 15 is 0 Å². The number of aromatic nitrogens is 3. The second kappa shape index (κ2) is 4.43. The molecule has 0 spiro atoms. The number of nitrogens with one attached hydrogen (secondary N) is 1. The number of aryl methyl sites for hydroxylation is 1. The molecule has 0 radical (unpaired) electrons. The molecule has 0 saturated heterocycles. The van der Waals surface area contributed by atoms with E-state index in [0.717, 1.165) is 11.2 Å². The van der Waals surface area contributed by atoms with Crippen LogP contribution in [0.5, 0.6) is 0 Å². The number of H-pyrrole nitrogens is 1. The van der Waals surface area contributed by atoms with Gasteiger partial charge >= 0.3 is 0 Å². The summed E-state index contributed by atoms with van der Waals surface area (Å²) in [5, 5.41) is 0.418. The number of imidazole rings is 1. The smallest absolute Gasteiger partial charge is 0.184 e. The maximum atomic E-state index is 13.4. The highest BCUT2D eigenvalue weighted by molar-refractivity contribution is 7.71. The molecule has 0 fully saturated rings. The fraction of sp³-hybridized carbons (Fsp3) is 0.0769. The van der Waals surface area contributed by atoms with E-state index in [4.69, 9.17) is 23.8 Å². The number of halogens is 2. The zero-order valence-corrected chi connectivity index (χ0v) is 11.5. The fourth-order valence-electron chi connectivity index (χ4n) is 1.96. The average Bonchev–Trinajstić information content (AvgIpc) is 2.68. The number of hydrogen-bond donors (Lipinski definition) is 1. The molecular formula is C13H9ClFN3S. The molecule has 0 aliphatic heterocycles. The number of fused-ring (bicyclic) bond motifs is 1. The maximum Gasteiger partial charge on any atom is 0.184 e. The number of benzene rings is 1. The van der Waals surface area contributed by atoms with Gasteiger partial charge in [0.25, 0.3) is 0 Å². The molecule has 1 N–H and O–H groups in total. The van der Waals surface area contributed by atoms with Gasteiger partial charge in [0.15, 0.2) is 10.4 Å². The van der Waals surface area contributed by atoms with E-state index in [1.54, 1.807) is 4.57 Å². The van der Waals surface area contributed by atoms with Gasteiger partial charge < -0.3 is 4.98 Å². The highest BCUT2D eigenvalue weighted by atomic mass is 35.5. The monoisotopic (exact) mass is 293 g/mol. The largest absolute Gasteiger partial charge is 0.329 e. The first-order chi connectivity index (χ1) is 9.06. The Morgan fingerprint density at radius 1 is 1.32 bits per heavy atom. The third-order valence-electron chi connectivity index (χ3n) is 2.82. The molecule has 2 heterocycles. The lowest BCUT2D eigenvalue weighted by atomic mass is 10.3. The molecule has 96 valence electrons. The Kier molecular flexibility index (Phi) is 2.88. The van der Waals surface area contributed by atoms with Gasteiger partial charge in [-0.15, -0.1) is 0 Å². The Hall–Kier alpha value is -1.72. The number of aromatic amines is 1. The predicted molar refractivity (Wildman–Crippen MR) is 76.0 cm³/mol. The van der Waals surface area contributed by atoms with Crippen LogP contribution in [0.15, 0.2) is 30.3 Å². The molecule has 0 saturated carbocycles. The average molecular weight is 294 g/mol. The molecule has 3 rings (SSSR count). The molecule has 2 aromatic heterocycles. The van der Waals surface area contributed by atoms with E-state index in [1.165, 1.54) is 18.2 Å². The minimum Gasteiger partial charge on any atom is -0.329 e. The van der Waals surface area contributed by atoms with Gasteiger partial charge in [-0.25, -0.2) is 9.37 Å². The summed E-state index contributed by atoms with van der Waals surface area (Å²) >= 11 is 11.4. The molecule has 3 aromatic rings. The summed E-state index contributed by atoms with van der Waals surface area (Å²) in [6.45, 7) is 1.88. The van der Waals surface area contributed by atoms with Gasteiger partial charge in [0, 0.05) is 5.69 Å². The summed E-state index contributed by atoms with van der Waals surface area (Å²) in [6, 6.07) is 7.92. The molecule has 1 aromatic carbocycles. The summed E-state index contributed by atoms with van der Waals surface area (Å²) in [7, 11) is 0. The van der Waals surface area contributed by atoms with Crippen LogP contribution in [0, 0.1) is 17.5 Å². The van der Waals surface area contributed by atoms with E-state index in [1.807, 2.05) is 19.1 Å². The van der Waals surface area contributed by atoms with Crippen LogP contribution in [0.2, 0.25) is 5.02 Å². The third kappa shape index (κ3) is 2.05. The second-order valence-electron chi connectivity index (χ2n) is 4.19. The normalized spacial score (nSPS) is 11.1. The van der Waals surface area contributed by atoms with Crippen molar-refractivity contribution in [1.82, 2.24) is 14.5 Å². The van der Waals surface area contributed by atoms with Crippen molar-refractivity contribution in [1.29, 1.82) is 0 Å². The van der Waals surface area contributed by atoms with Crippen LogP contribution in [-0.2, 0) is 0 Å². The van der Waals surface area contributed by atoms with Crippen LogP contribution in [-0.4, -0.2) is 14.5 Å². The van der Waals surface area contributed by atoms with Gasteiger partial charge in [-0.3, -0.25) is 4.57 Å². The lowest BCUT2D eigenvalue weighted by molar-refractivity contribution is 0.626. The van der Waals surface area contributed by atoms with Crippen molar-refractivity contribution in [2.24, 2.45) is 0 Å². The summed E-state index contributed by atoms with van der Waals surface area (Å²) < 4.78 is 15.5. The SMILES string of the molecule is Cc1ccc2[nH]c(=S)n(-c3cc(F)ccc3Cl)c2n1. The van der Waals surface area contributed by atoms with E-state index in [-0.39, 0.29) is 5.82 Å². The Bertz CT molecular complexity index is 838. The lowest BCUT2D eigenvalue weighted by Crippen LogP contribution is -1.98. The number of nitrogens with zero attached hydrogens (tertiary/aromatic N) is 2. The molecule has 0 aliphatic carbocycles. The summed E-state index contributed by atoms with van der Waals surface area (Å²) in [4.78, 5) is 7.46. The highest BCUT2D eigenvalue weighted by Gasteiger charge is 2.12. The highest BCUT2D eigenvalue weighted by Crippen LogP contribution is 2.25. The summed E-state index contributed by atoms with van der Waals surface area (Å²) in [5.41, 5.74) is 2.76. The van der Waals surface area contributed by atoms with E-state index < -0.39 is 0 Å². The predicted octanol–water partition coefficient (Wildman–Crippen LogP) is 4.18. The quantitative estimate of drug-likeness (QED) is 0.683. The van der Waals surface area contributed by atoms with Crippen LogP contribution >= 0.6 is 23.8 Å². The lowest BCUT2D eigenvalue weighted by Gasteiger charge is -2.06. The zero-order valence-electron chi connectivity index (χ0n) is 9.95. The Balaban J connectivity index is 2.42.